The topological polar surface area (TPSA) is 35.2 Å². The zero-order chi connectivity index (χ0) is 22.2. The number of likely N-dealkylation sites (N-methyl/N-ethyl adjacent to an activating group) is 1. The first kappa shape index (κ1) is 20.7. The van der Waals surface area contributed by atoms with Crippen LogP contribution in [0, 0.1) is 12.7 Å². The third kappa shape index (κ3) is 3.67. The van der Waals surface area contributed by atoms with Crippen LogP contribution >= 0.6 is 0 Å². The van der Waals surface area contributed by atoms with Crippen molar-refractivity contribution < 1.29 is 4.39 Å². The molecule has 4 nitrogen and oxygen atoms in total. The minimum Gasteiger partial charge on any atom is -0.366 e. The summed E-state index contributed by atoms with van der Waals surface area (Å²) in [7, 11) is 2.11. The Hall–Kier alpha value is -3.18. The number of aromatic nitrogens is 2. The van der Waals surface area contributed by atoms with Crippen LogP contribution in [-0.4, -0.2) is 48.1 Å². The maximum Gasteiger partial charge on any atom is 0.147 e. The van der Waals surface area contributed by atoms with Crippen molar-refractivity contribution in [3.05, 3.63) is 71.8 Å². The van der Waals surface area contributed by atoms with Crippen molar-refractivity contribution in [3.63, 3.8) is 0 Å². The van der Waals surface area contributed by atoms with E-state index in [4.69, 9.17) is 0 Å². The van der Waals surface area contributed by atoms with E-state index in [9.17, 15) is 0 Å². The van der Waals surface area contributed by atoms with Crippen molar-refractivity contribution in [2.45, 2.75) is 20.3 Å². The molecule has 0 radical (unpaired) electrons. The Morgan fingerprint density at radius 1 is 1.00 bits per heavy atom. The highest BCUT2D eigenvalue weighted by Gasteiger charge is 2.20. The van der Waals surface area contributed by atoms with E-state index >= 15 is 4.39 Å². The van der Waals surface area contributed by atoms with Crippen LogP contribution in [0.1, 0.15) is 18.1 Å². The number of aromatic amines is 1. The predicted molar refractivity (Wildman–Crippen MR) is 131 cm³/mol. The maximum atomic E-state index is 15.3. The lowest BCUT2D eigenvalue weighted by atomic mass is 9.96. The van der Waals surface area contributed by atoms with Gasteiger partial charge in [-0.05, 0) is 60.8 Å². The number of nitrogens with one attached hydrogen (secondary N) is 1. The average Bonchev–Trinajstić information content (AvgIpc) is 3.23. The third-order valence-electron chi connectivity index (χ3n) is 6.63. The Morgan fingerprint density at radius 3 is 2.53 bits per heavy atom. The fourth-order valence-electron chi connectivity index (χ4n) is 4.81. The predicted octanol–water partition coefficient (Wildman–Crippen LogP) is 5.66. The highest BCUT2D eigenvalue weighted by Crippen LogP contribution is 2.35. The molecule has 0 saturated carbocycles. The van der Waals surface area contributed by atoms with Crippen molar-refractivity contribution in [2.24, 2.45) is 0 Å². The Kier molecular flexibility index (Phi) is 5.43. The summed E-state index contributed by atoms with van der Waals surface area (Å²) in [5.74, 6) is -0.157. The molecule has 0 bridgehead atoms. The van der Waals surface area contributed by atoms with E-state index in [1.807, 2.05) is 19.3 Å². The quantitative estimate of drug-likeness (QED) is 0.456. The van der Waals surface area contributed by atoms with Crippen LogP contribution < -0.4 is 4.90 Å². The van der Waals surface area contributed by atoms with E-state index in [-0.39, 0.29) is 5.82 Å². The molecule has 5 heteroatoms. The SMILES string of the molecule is CCc1ccccc1-c1c[nH]c2ncc(-c3cc(C)c(N4CCN(C)CC4)c(F)c3)cc12. The van der Waals surface area contributed by atoms with Gasteiger partial charge in [0.25, 0.3) is 0 Å². The van der Waals surface area contributed by atoms with Gasteiger partial charge in [0, 0.05) is 55.1 Å². The molecule has 32 heavy (non-hydrogen) atoms. The van der Waals surface area contributed by atoms with Crippen molar-refractivity contribution >= 4 is 16.7 Å². The lowest BCUT2D eigenvalue weighted by Crippen LogP contribution is -2.45. The summed E-state index contributed by atoms with van der Waals surface area (Å²) < 4.78 is 15.3. The van der Waals surface area contributed by atoms with Gasteiger partial charge in [-0.25, -0.2) is 9.37 Å². The second kappa shape index (κ2) is 8.40. The molecule has 1 aliphatic heterocycles. The number of nitrogens with zero attached hydrogens (tertiary/aromatic N) is 3. The molecule has 4 aromatic rings. The molecule has 1 fully saturated rings. The molecule has 164 valence electrons. The number of fused-ring (bicyclic) bond motifs is 1. The second-order valence-corrected chi connectivity index (χ2v) is 8.75. The number of aryl methyl sites for hydroxylation is 2. The molecule has 0 spiro atoms. The Labute approximate surface area is 188 Å². The van der Waals surface area contributed by atoms with Gasteiger partial charge in [-0.2, -0.15) is 0 Å². The second-order valence-electron chi connectivity index (χ2n) is 8.75. The van der Waals surface area contributed by atoms with Crippen LogP contribution in [-0.2, 0) is 6.42 Å². The van der Waals surface area contributed by atoms with Gasteiger partial charge < -0.3 is 14.8 Å². The number of anilines is 1. The molecule has 0 unspecified atom stereocenters. The average molecular weight is 429 g/mol. The van der Waals surface area contributed by atoms with E-state index in [1.165, 1.54) is 11.1 Å². The molecule has 3 heterocycles. The van der Waals surface area contributed by atoms with E-state index < -0.39 is 0 Å². The van der Waals surface area contributed by atoms with Crippen molar-refractivity contribution in [1.29, 1.82) is 0 Å². The molecule has 1 N–H and O–H groups in total. The Balaban J connectivity index is 1.55. The first-order chi connectivity index (χ1) is 15.5. The van der Waals surface area contributed by atoms with Crippen LogP contribution in [0.25, 0.3) is 33.3 Å². The standard InChI is InChI=1S/C27H29FN4/c1-4-19-7-5-6-8-22(19)24-17-30-27-23(24)14-21(16-29-27)20-13-18(2)26(25(28)15-20)32-11-9-31(3)10-12-32/h5-8,13-17H,4,9-12H2,1-3H3,(H,29,30). The molecule has 0 amide bonds. The van der Waals surface area contributed by atoms with Gasteiger partial charge in [-0.15, -0.1) is 0 Å². The van der Waals surface area contributed by atoms with Crippen LogP contribution in [0.2, 0.25) is 0 Å². The minimum atomic E-state index is -0.157. The molecule has 5 rings (SSSR count). The molecule has 1 saturated heterocycles. The number of benzene rings is 2. The number of halogens is 1. The summed E-state index contributed by atoms with van der Waals surface area (Å²) in [6.07, 6.45) is 4.82. The number of pyridine rings is 1. The molecule has 2 aromatic carbocycles. The first-order valence-corrected chi connectivity index (χ1v) is 11.3. The number of H-pyrrole nitrogens is 1. The molecule has 0 atom stereocenters. The number of piperazine rings is 1. The summed E-state index contributed by atoms with van der Waals surface area (Å²) in [5, 5.41) is 1.06. The van der Waals surface area contributed by atoms with Crippen molar-refractivity contribution in [3.8, 4) is 22.3 Å². The van der Waals surface area contributed by atoms with Crippen molar-refractivity contribution in [2.75, 3.05) is 38.1 Å². The Morgan fingerprint density at radius 2 is 1.78 bits per heavy atom. The highest BCUT2D eigenvalue weighted by molar-refractivity contribution is 5.96. The largest absolute Gasteiger partial charge is 0.366 e. The van der Waals surface area contributed by atoms with E-state index in [0.717, 1.165) is 71.6 Å². The summed E-state index contributed by atoms with van der Waals surface area (Å²) in [5.41, 5.74) is 8.00. The van der Waals surface area contributed by atoms with Gasteiger partial charge in [-0.3, -0.25) is 0 Å². The maximum absolute atomic E-state index is 15.3. The zero-order valence-corrected chi connectivity index (χ0v) is 19.0. The number of hydrogen-bond donors (Lipinski definition) is 1. The molecule has 2 aromatic heterocycles. The van der Waals surface area contributed by atoms with Gasteiger partial charge in [0.2, 0.25) is 0 Å². The molecular weight excluding hydrogens is 399 g/mol. The fourth-order valence-corrected chi connectivity index (χ4v) is 4.81. The van der Waals surface area contributed by atoms with Crippen LogP contribution in [0.3, 0.4) is 0 Å². The molecular formula is C27H29FN4. The summed E-state index contributed by atoms with van der Waals surface area (Å²) >= 11 is 0. The van der Waals surface area contributed by atoms with E-state index in [1.54, 1.807) is 6.07 Å². The lowest BCUT2D eigenvalue weighted by Gasteiger charge is -2.35. The van der Waals surface area contributed by atoms with E-state index in [0.29, 0.717) is 0 Å². The van der Waals surface area contributed by atoms with Gasteiger partial charge in [0.15, 0.2) is 0 Å². The summed E-state index contributed by atoms with van der Waals surface area (Å²) in [6, 6.07) is 14.4. The normalized spacial score (nSPS) is 14.9. The van der Waals surface area contributed by atoms with Gasteiger partial charge in [0.1, 0.15) is 11.5 Å². The van der Waals surface area contributed by atoms with Gasteiger partial charge in [-0.1, -0.05) is 31.2 Å². The van der Waals surface area contributed by atoms with E-state index in [2.05, 4.69) is 70.1 Å². The van der Waals surface area contributed by atoms with Crippen LogP contribution in [0.4, 0.5) is 10.1 Å². The smallest absolute Gasteiger partial charge is 0.147 e. The summed E-state index contributed by atoms with van der Waals surface area (Å²) in [4.78, 5) is 12.4. The van der Waals surface area contributed by atoms with Crippen LogP contribution in [0.5, 0.6) is 0 Å². The third-order valence-corrected chi connectivity index (χ3v) is 6.63. The lowest BCUT2D eigenvalue weighted by molar-refractivity contribution is 0.311. The summed E-state index contributed by atoms with van der Waals surface area (Å²) in [6.45, 7) is 7.79. The Bertz CT molecular complexity index is 1240. The van der Waals surface area contributed by atoms with Gasteiger partial charge in [0.05, 0.1) is 5.69 Å². The zero-order valence-electron chi connectivity index (χ0n) is 19.0. The number of hydrogen-bond acceptors (Lipinski definition) is 3. The molecule has 0 aliphatic carbocycles. The van der Waals surface area contributed by atoms with Gasteiger partial charge >= 0.3 is 0 Å². The molecule has 1 aliphatic rings. The monoisotopic (exact) mass is 428 g/mol. The van der Waals surface area contributed by atoms with Crippen LogP contribution in [0.15, 0.2) is 54.9 Å². The minimum absolute atomic E-state index is 0.157. The van der Waals surface area contributed by atoms with Crippen molar-refractivity contribution in [1.82, 2.24) is 14.9 Å². The highest BCUT2D eigenvalue weighted by atomic mass is 19.1. The first-order valence-electron chi connectivity index (χ1n) is 11.3. The number of rotatable bonds is 4. The fraction of sp³-hybridized carbons (Fsp3) is 0.296.